The van der Waals surface area contributed by atoms with Gasteiger partial charge in [0.25, 0.3) is 5.91 Å². The maximum atomic E-state index is 12.3. The fourth-order valence-electron chi connectivity index (χ4n) is 2.14. The van der Waals surface area contributed by atoms with Crippen LogP contribution in [0.3, 0.4) is 0 Å². The number of thiazole rings is 1. The molecular formula is C15H22N4OS. The van der Waals surface area contributed by atoms with Crippen molar-refractivity contribution in [1.29, 1.82) is 0 Å². The minimum Gasteiger partial charge on any atom is -0.317 e. The van der Waals surface area contributed by atoms with Gasteiger partial charge in [0, 0.05) is 17.8 Å². The summed E-state index contributed by atoms with van der Waals surface area (Å²) in [6, 6.07) is 0. The van der Waals surface area contributed by atoms with E-state index in [-0.39, 0.29) is 5.91 Å². The van der Waals surface area contributed by atoms with Crippen LogP contribution in [0.4, 0.5) is 5.69 Å². The molecule has 1 amide bonds. The minimum absolute atomic E-state index is 0.166. The summed E-state index contributed by atoms with van der Waals surface area (Å²) in [6.45, 7) is 11.0. The van der Waals surface area contributed by atoms with Crippen molar-refractivity contribution in [3.63, 3.8) is 0 Å². The highest BCUT2D eigenvalue weighted by atomic mass is 32.1. The van der Waals surface area contributed by atoms with Gasteiger partial charge in [0.2, 0.25) is 0 Å². The quantitative estimate of drug-likeness (QED) is 0.915. The fourth-order valence-corrected chi connectivity index (χ4v) is 2.96. The van der Waals surface area contributed by atoms with Gasteiger partial charge in [0.05, 0.1) is 22.1 Å². The number of aryl methyl sites for hydroxylation is 2. The molecule has 0 bridgehead atoms. The number of anilines is 1. The summed E-state index contributed by atoms with van der Waals surface area (Å²) in [4.78, 5) is 16.7. The molecule has 2 rings (SSSR count). The summed E-state index contributed by atoms with van der Waals surface area (Å²) in [6.07, 6.45) is 1.01. The van der Waals surface area contributed by atoms with Crippen molar-refractivity contribution >= 4 is 22.9 Å². The van der Waals surface area contributed by atoms with E-state index in [0.717, 1.165) is 35.0 Å². The highest BCUT2D eigenvalue weighted by Crippen LogP contribution is 2.23. The molecule has 0 aliphatic heterocycles. The Labute approximate surface area is 129 Å². The predicted molar refractivity (Wildman–Crippen MR) is 86.1 cm³/mol. The lowest BCUT2D eigenvalue weighted by molar-refractivity contribution is 0.102. The summed E-state index contributed by atoms with van der Waals surface area (Å²) in [5, 5.41) is 10.2. The van der Waals surface area contributed by atoms with Gasteiger partial charge in [-0.25, -0.2) is 4.98 Å². The Balaban J connectivity index is 2.19. The zero-order valence-corrected chi connectivity index (χ0v) is 14.0. The van der Waals surface area contributed by atoms with Crippen molar-refractivity contribution in [2.24, 2.45) is 0 Å². The van der Waals surface area contributed by atoms with Crippen LogP contribution in [0.1, 0.15) is 60.0 Å². The standard InChI is InChI=1S/C15H22N4OS/c1-6-7-19-11(5)13(10(4)18-19)17-14(20)12-8-21-15(16-12)9(2)3/h8-9H,6-7H2,1-5H3,(H,17,20). The summed E-state index contributed by atoms with van der Waals surface area (Å²) in [7, 11) is 0. The molecule has 114 valence electrons. The monoisotopic (exact) mass is 306 g/mol. The predicted octanol–water partition coefficient (Wildman–Crippen LogP) is 3.74. The maximum absolute atomic E-state index is 12.3. The van der Waals surface area contributed by atoms with Crippen LogP contribution >= 0.6 is 11.3 Å². The van der Waals surface area contributed by atoms with Crippen LogP contribution in [-0.4, -0.2) is 20.7 Å². The second-order valence-electron chi connectivity index (χ2n) is 5.45. The second-order valence-corrected chi connectivity index (χ2v) is 6.34. The third-order valence-electron chi connectivity index (χ3n) is 3.30. The van der Waals surface area contributed by atoms with Crippen molar-refractivity contribution in [3.8, 4) is 0 Å². The molecule has 0 radical (unpaired) electrons. The van der Waals surface area contributed by atoms with Gasteiger partial charge in [-0.3, -0.25) is 9.48 Å². The molecular weight excluding hydrogens is 284 g/mol. The first-order valence-corrected chi connectivity index (χ1v) is 8.12. The highest BCUT2D eigenvalue weighted by molar-refractivity contribution is 7.09. The molecule has 0 spiro atoms. The average Bonchev–Trinajstić information content (AvgIpc) is 3.01. The van der Waals surface area contributed by atoms with E-state index in [1.807, 2.05) is 23.9 Å². The van der Waals surface area contributed by atoms with Crippen LogP contribution < -0.4 is 5.32 Å². The van der Waals surface area contributed by atoms with Gasteiger partial charge in [-0.2, -0.15) is 5.10 Å². The van der Waals surface area contributed by atoms with Gasteiger partial charge in [-0.1, -0.05) is 20.8 Å². The number of carbonyl (C=O) groups excluding carboxylic acids is 1. The lowest BCUT2D eigenvalue weighted by Crippen LogP contribution is -2.14. The largest absolute Gasteiger partial charge is 0.317 e. The number of hydrogen-bond acceptors (Lipinski definition) is 4. The van der Waals surface area contributed by atoms with Crippen LogP contribution in [0.5, 0.6) is 0 Å². The van der Waals surface area contributed by atoms with E-state index in [2.05, 4.69) is 36.2 Å². The topological polar surface area (TPSA) is 59.8 Å². The molecule has 0 saturated heterocycles. The average molecular weight is 306 g/mol. The summed E-state index contributed by atoms with van der Waals surface area (Å²) >= 11 is 1.53. The molecule has 21 heavy (non-hydrogen) atoms. The minimum atomic E-state index is -0.166. The number of nitrogens with one attached hydrogen (secondary N) is 1. The Morgan fingerprint density at radius 3 is 2.71 bits per heavy atom. The molecule has 0 aliphatic rings. The van der Waals surface area contributed by atoms with Gasteiger partial charge >= 0.3 is 0 Å². The smallest absolute Gasteiger partial charge is 0.275 e. The van der Waals surface area contributed by atoms with Gasteiger partial charge in [0.15, 0.2) is 0 Å². The normalized spacial score (nSPS) is 11.1. The number of hydrogen-bond donors (Lipinski definition) is 1. The number of amides is 1. The first-order valence-electron chi connectivity index (χ1n) is 7.24. The Bertz CT molecular complexity index is 642. The lowest BCUT2D eigenvalue weighted by atomic mass is 10.2. The van der Waals surface area contributed by atoms with E-state index >= 15 is 0 Å². The molecule has 5 nitrogen and oxygen atoms in total. The van der Waals surface area contributed by atoms with Crippen LogP contribution in [0.25, 0.3) is 0 Å². The van der Waals surface area contributed by atoms with E-state index in [4.69, 9.17) is 0 Å². The molecule has 0 atom stereocenters. The number of rotatable bonds is 5. The number of aromatic nitrogens is 3. The van der Waals surface area contributed by atoms with Crippen molar-refractivity contribution in [2.75, 3.05) is 5.32 Å². The van der Waals surface area contributed by atoms with E-state index in [1.165, 1.54) is 11.3 Å². The first-order chi connectivity index (χ1) is 9.93. The molecule has 2 heterocycles. The van der Waals surface area contributed by atoms with Crippen molar-refractivity contribution < 1.29 is 4.79 Å². The van der Waals surface area contributed by atoms with Gasteiger partial charge in [0.1, 0.15) is 5.69 Å². The SMILES string of the molecule is CCCn1nc(C)c(NC(=O)c2csc(C(C)C)n2)c1C. The zero-order chi connectivity index (χ0) is 15.6. The second kappa shape index (κ2) is 6.39. The zero-order valence-electron chi connectivity index (χ0n) is 13.2. The van der Waals surface area contributed by atoms with E-state index in [0.29, 0.717) is 11.6 Å². The summed E-state index contributed by atoms with van der Waals surface area (Å²) in [5.41, 5.74) is 3.11. The summed E-state index contributed by atoms with van der Waals surface area (Å²) < 4.78 is 1.94. The van der Waals surface area contributed by atoms with Crippen molar-refractivity contribution in [1.82, 2.24) is 14.8 Å². The Hall–Kier alpha value is -1.69. The van der Waals surface area contributed by atoms with E-state index in [9.17, 15) is 4.79 Å². The molecule has 0 aliphatic carbocycles. The van der Waals surface area contributed by atoms with Crippen LogP contribution in [0.15, 0.2) is 5.38 Å². The molecule has 2 aromatic rings. The summed E-state index contributed by atoms with van der Waals surface area (Å²) in [5.74, 6) is 0.174. The van der Waals surface area contributed by atoms with Crippen LogP contribution in [-0.2, 0) is 6.54 Å². The van der Waals surface area contributed by atoms with Gasteiger partial charge in [-0.05, 0) is 20.3 Å². The first kappa shape index (κ1) is 15.7. The molecule has 0 saturated carbocycles. The molecule has 0 aromatic carbocycles. The Morgan fingerprint density at radius 1 is 1.43 bits per heavy atom. The van der Waals surface area contributed by atoms with Gasteiger partial charge < -0.3 is 5.32 Å². The molecule has 1 N–H and O–H groups in total. The van der Waals surface area contributed by atoms with Crippen molar-refractivity contribution in [3.05, 3.63) is 27.5 Å². The molecule has 0 unspecified atom stereocenters. The van der Waals surface area contributed by atoms with E-state index < -0.39 is 0 Å². The molecule has 6 heteroatoms. The Morgan fingerprint density at radius 2 is 2.14 bits per heavy atom. The maximum Gasteiger partial charge on any atom is 0.275 e. The number of nitrogens with zero attached hydrogens (tertiary/aromatic N) is 3. The molecule has 2 aromatic heterocycles. The third kappa shape index (κ3) is 3.32. The van der Waals surface area contributed by atoms with Gasteiger partial charge in [-0.15, -0.1) is 11.3 Å². The van der Waals surface area contributed by atoms with E-state index in [1.54, 1.807) is 0 Å². The van der Waals surface area contributed by atoms with Crippen LogP contribution in [0, 0.1) is 13.8 Å². The Kier molecular flexibility index (Phi) is 4.77. The number of carbonyl (C=O) groups is 1. The lowest BCUT2D eigenvalue weighted by Gasteiger charge is -2.05. The van der Waals surface area contributed by atoms with Crippen molar-refractivity contribution in [2.45, 2.75) is 53.5 Å². The highest BCUT2D eigenvalue weighted by Gasteiger charge is 2.17. The fraction of sp³-hybridized carbons (Fsp3) is 0.533. The van der Waals surface area contributed by atoms with Crippen LogP contribution in [0.2, 0.25) is 0 Å². The molecule has 0 fully saturated rings. The third-order valence-corrected chi connectivity index (χ3v) is 4.45.